The second-order valence-electron chi connectivity index (χ2n) is 5.34. The summed E-state index contributed by atoms with van der Waals surface area (Å²) in [5, 5.41) is 2.68. The van der Waals surface area contributed by atoms with Gasteiger partial charge in [0, 0.05) is 31.5 Å². The van der Waals surface area contributed by atoms with Gasteiger partial charge in [-0.2, -0.15) is 0 Å². The standard InChI is InChI=1S/C17H21N3O5S/c1-24-10-9-19-17(21)14-6-4-3-5-13(14)12-26(22,23)20-15-11-18-8-7-16(15)25-2/h3-8,11,20H,9-10,12H2,1-2H3,(H,19,21). The smallest absolute Gasteiger partial charge is 0.251 e. The van der Waals surface area contributed by atoms with Gasteiger partial charge >= 0.3 is 0 Å². The lowest BCUT2D eigenvalue weighted by molar-refractivity contribution is 0.0936. The highest BCUT2D eigenvalue weighted by Crippen LogP contribution is 2.24. The maximum absolute atomic E-state index is 12.5. The Morgan fingerprint density at radius 3 is 2.69 bits per heavy atom. The number of nitrogens with one attached hydrogen (secondary N) is 2. The topological polar surface area (TPSA) is 107 Å². The van der Waals surface area contributed by atoms with E-state index < -0.39 is 10.0 Å². The average molecular weight is 379 g/mol. The Labute approximate surface area is 152 Å². The summed E-state index contributed by atoms with van der Waals surface area (Å²) in [5.41, 5.74) is 0.918. The fourth-order valence-corrected chi connectivity index (χ4v) is 3.50. The zero-order chi connectivity index (χ0) is 19.0. The third-order valence-electron chi connectivity index (χ3n) is 3.47. The molecule has 0 saturated heterocycles. The molecule has 1 aromatic carbocycles. The second kappa shape index (κ2) is 9.16. The lowest BCUT2D eigenvalue weighted by atomic mass is 10.1. The number of aromatic nitrogens is 1. The van der Waals surface area contributed by atoms with Crippen LogP contribution in [0.4, 0.5) is 5.69 Å². The predicted molar refractivity (Wildman–Crippen MR) is 97.7 cm³/mol. The molecule has 0 radical (unpaired) electrons. The summed E-state index contributed by atoms with van der Waals surface area (Å²) in [6.07, 6.45) is 2.86. The summed E-state index contributed by atoms with van der Waals surface area (Å²) in [4.78, 5) is 16.2. The number of ether oxygens (including phenoxy) is 2. The van der Waals surface area contributed by atoms with Gasteiger partial charge in [-0.05, 0) is 11.6 Å². The quantitative estimate of drug-likeness (QED) is 0.638. The maximum Gasteiger partial charge on any atom is 0.251 e. The van der Waals surface area contributed by atoms with Gasteiger partial charge in [-0.25, -0.2) is 8.42 Å². The third kappa shape index (κ3) is 5.43. The molecule has 0 atom stereocenters. The Hall–Kier alpha value is -2.65. The molecule has 1 aromatic heterocycles. The Balaban J connectivity index is 2.18. The van der Waals surface area contributed by atoms with Gasteiger partial charge in [0.15, 0.2) is 0 Å². The average Bonchev–Trinajstić information content (AvgIpc) is 2.62. The van der Waals surface area contributed by atoms with Gasteiger partial charge in [-0.1, -0.05) is 18.2 Å². The number of amides is 1. The molecule has 0 aliphatic heterocycles. The number of benzene rings is 1. The van der Waals surface area contributed by atoms with Crippen molar-refractivity contribution < 1.29 is 22.7 Å². The summed E-state index contributed by atoms with van der Waals surface area (Å²) < 4.78 is 37.5. The first-order valence-electron chi connectivity index (χ1n) is 7.80. The fraction of sp³-hybridized carbons (Fsp3) is 0.294. The van der Waals surface area contributed by atoms with Crippen molar-refractivity contribution in [1.29, 1.82) is 0 Å². The highest BCUT2D eigenvalue weighted by Gasteiger charge is 2.19. The lowest BCUT2D eigenvalue weighted by Crippen LogP contribution is -2.28. The molecule has 9 heteroatoms. The SMILES string of the molecule is COCCNC(=O)c1ccccc1CS(=O)(=O)Nc1cnccc1OC. The first-order chi connectivity index (χ1) is 12.5. The summed E-state index contributed by atoms with van der Waals surface area (Å²) in [6.45, 7) is 0.704. The van der Waals surface area contributed by atoms with Crippen LogP contribution in [0.25, 0.3) is 0 Å². The Bertz CT molecular complexity index is 855. The van der Waals surface area contributed by atoms with Crippen LogP contribution in [0.2, 0.25) is 0 Å². The van der Waals surface area contributed by atoms with Crippen molar-refractivity contribution in [1.82, 2.24) is 10.3 Å². The van der Waals surface area contributed by atoms with E-state index >= 15 is 0 Å². The van der Waals surface area contributed by atoms with E-state index in [9.17, 15) is 13.2 Å². The molecule has 0 fully saturated rings. The van der Waals surface area contributed by atoms with Gasteiger partial charge in [0.2, 0.25) is 10.0 Å². The van der Waals surface area contributed by atoms with Crippen molar-refractivity contribution >= 4 is 21.6 Å². The number of hydrogen-bond donors (Lipinski definition) is 2. The highest BCUT2D eigenvalue weighted by molar-refractivity contribution is 7.91. The Kier molecular flexibility index (Phi) is 6.93. The van der Waals surface area contributed by atoms with Crippen molar-refractivity contribution in [2.45, 2.75) is 5.75 Å². The zero-order valence-corrected chi connectivity index (χ0v) is 15.4. The number of rotatable bonds is 9. The van der Waals surface area contributed by atoms with Crippen LogP contribution in [0.3, 0.4) is 0 Å². The molecule has 140 valence electrons. The van der Waals surface area contributed by atoms with Crippen LogP contribution < -0.4 is 14.8 Å². The van der Waals surface area contributed by atoms with Crippen LogP contribution in [0, 0.1) is 0 Å². The number of nitrogens with zero attached hydrogens (tertiary/aromatic N) is 1. The van der Waals surface area contributed by atoms with Crippen LogP contribution in [0.15, 0.2) is 42.7 Å². The number of carbonyl (C=O) groups excluding carboxylic acids is 1. The third-order valence-corrected chi connectivity index (χ3v) is 4.69. The minimum atomic E-state index is -3.78. The van der Waals surface area contributed by atoms with Gasteiger partial charge in [-0.15, -0.1) is 0 Å². The van der Waals surface area contributed by atoms with E-state index in [0.717, 1.165) is 0 Å². The van der Waals surface area contributed by atoms with Crippen molar-refractivity contribution in [3.63, 3.8) is 0 Å². The highest BCUT2D eigenvalue weighted by atomic mass is 32.2. The molecule has 1 amide bonds. The Morgan fingerprint density at radius 1 is 1.19 bits per heavy atom. The molecule has 0 aliphatic rings. The van der Waals surface area contributed by atoms with Crippen molar-refractivity contribution in [2.75, 3.05) is 32.1 Å². The molecular weight excluding hydrogens is 358 g/mol. The van der Waals surface area contributed by atoms with E-state index in [1.54, 1.807) is 30.3 Å². The lowest BCUT2D eigenvalue weighted by Gasteiger charge is -2.13. The van der Waals surface area contributed by atoms with E-state index in [2.05, 4.69) is 15.0 Å². The molecule has 2 rings (SSSR count). The number of carbonyl (C=O) groups is 1. The van der Waals surface area contributed by atoms with E-state index in [-0.39, 0.29) is 17.3 Å². The van der Waals surface area contributed by atoms with Crippen LogP contribution in [0.5, 0.6) is 5.75 Å². The van der Waals surface area contributed by atoms with Crippen molar-refractivity contribution in [2.24, 2.45) is 0 Å². The first kappa shape index (κ1) is 19.7. The predicted octanol–water partition coefficient (Wildman–Crippen LogP) is 1.41. The number of hydrogen-bond acceptors (Lipinski definition) is 6. The minimum absolute atomic E-state index is 0.233. The van der Waals surface area contributed by atoms with Crippen LogP contribution in [-0.4, -0.2) is 46.7 Å². The van der Waals surface area contributed by atoms with Crippen molar-refractivity contribution in [3.8, 4) is 5.75 Å². The van der Waals surface area contributed by atoms with Crippen LogP contribution in [-0.2, 0) is 20.5 Å². The van der Waals surface area contributed by atoms with Gasteiger partial charge in [0.25, 0.3) is 5.91 Å². The van der Waals surface area contributed by atoms with Gasteiger partial charge in [0.1, 0.15) is 11.4 Å². The number of methoxy groups -OCH3 is 2. The van der Waals surface area contributed by atoms with E-state index in [1.165, 1.54) is 26.6 Å². The van der Waals surface area contributed by atoms with Crippen LogP contribution >= 0.6 is 0 Å². The molecule has 0 unspecified atom stereocenters. The monoisotopic (exact) mass is 379 g/mol. The molecule has 8 nitrogen and oxygen atoms in total. The second-order valence-corrected chi connectivity index (χ2v) is 7.07. The summed E-state index contributed by atoms with van der Waals surface area (Å²) in [7, 11) is -0.806. The molecule has 0 bridgehead atoms. The molecular formula is C17H21N3O5S. The molecule has 2 aromatic rings. The summed E-state index contributed by atoms with van der Waals surface area (Å²) in [5.74, 6) is -0.361. The number of anilines is 1. The molecule has 0 saturated carbocycles. The zero-order valence-electron chi connectivity index (χ0n) is 14.6. The molecule has 2 N–H and O–H groups in total. The van der Waals surface area contributed by atoms with Gasteiger partial charge in [-0.3, -0.25) is 14.5 Å². The molecule has 0 spiro atoms. The minimum Gasteiger partial charge on any atom is -0.494 e. The van der Waals surface area contributed by atoms with E-state index in [1.807, 2.05) is 0 Å². The molecule has 1 heterocycles. The van der Waals surface area contributed by atoms with E-state index in [4.69, 9.17) is 9.47 Å². The first-order valence-corrected chi connectivity index (χ1v) is 9.45. The summed E-state index contributed by atoms with van der Waals surface area (Å²) >= 11 is 0. The number of pyridine rings is 1. The van der Waals surface area contributed by atoms with E-state index in [0.29, 0.717) is 30.0 Å². The number of sulfonamides is 1. The normalized spacial score (nSPS) is 11.0. The van der Waals surface area contributed by atoms with Crippen LogP contribution in [0.1, 0.15) is 15.9 Å². The Morgan fingerprint density at radius 2 is 1.96 bits per heavy atom. The fourth-order valence-electron chi connectivity index (χ4n) is 2.27. The maximum atomic E-state index is 12.5. The van der Waals surface area contributed by atoms with Gasteiger partial charge in [0.05, 0.1) is 25.7 Å². The summed E-state index contributed by atoms with van der Waals surface area (Å²) in [6, 6.07) is 8.10. The molecule has 0 aliphatic carbocycles. The van der Waals surface area contributed by atoms with Crippen molar-refractivity contribution in [3.05, 3.63) is 53.9 Å². The molecule has 26 heavy (non-hydrogen) atoms. The van der Waals surface area contributed by atoms with Gasteiger partial charge < -0.3 is 14.8 Å². The largest absolute Gasteiger partial charge is 0.494 e.